The Kier molecular flexibility index (Phi) is 4.53. The molecule has 28 heavy (non-hydrogen) atoms. The van der Waals surface area contributed by atoms with Gasteiger partial charge >= 0.3 is 0 Å². The Bertz CT molecular complexity index is 1060. The first kappa shape index (κ1) is 17.0. The van der Waals surface area contributed by atoms with E-state index in [9.17, 15) is 0 Å². The van der Waals surface area contributed by atoms with Crippen LogP contribution in [0.5, 0.6) is 0 Å². The third-order valence-corrected chi connectivity index (χ3v) is 5.46. The lowest BCUT2D eigenvalue weighted by Crippen LogP contribution is -2.22. The first-order valence-corrected chi connectivity index (χ1v) is 10.0. The van der Waals surface area contributed by atoms with Crippen LogP contribution >= 0.6 is 0 Å². The molecular weight excluding hydrogens is 348 g/mol. The van der Waals surface area contributed by atoms with E-state index in [-0.39, 0.29) is 0 Å². The maximum absolute atomic E-state index is 4.85. The van der Waals surface area contributed by atoms with Crippen LogP contribution in [-0.4, -0.2) is 30.4 Å². The molecule has 1 aromatic carbocycles. The molecule has 3 heterocycles. The Morgan fingerprint density at radius 1 is 0.964 bits per heavy atom. The Morgan fingerprint density at radius 3 is 2.68 bits per heavy atom. The smallest absolute Gasteiger partial charge is 0.165 e. The van der Waals surface area contributed by atoms with Crippen molar-refractivity contribution in [2.45, 2.75) is 44.7 Å². The van der Waals surface area contributed by atoms with Crippen molar-refractivity contribution in [1.29, 1.82) is 0 Å². The number of hydrogen-bond acceptors (Lipinski definition) is 4. The summed E-state index contributed by atoms with van der Waals surface area (Å²) in [5.41, 5.74) is 4.13. The van der Waals surface area contributed by atoms with Crippen molar-refractivity contribution in [2.24, 2.45) is 0 Å². The minimum atomic E-state index is 0.531. The highest BCUT2D eigenvalue weighted by Crippen LogP contribution is 2.25. The molecule has 6 heteroatoms. The number of fused-ring (bicyclic) bond motifs is 1. The van der Waals surface area contributed by atoms with E-state index in [1.54, 1.807) is 0 Å². The predicted molar refractivity (Wildman–Crippen MR) is 110 cm³/mol. The molecule has 5 rings (SSSR count). The van der Waals surface area contributed by atoms with Crippen LogP contribution < -0.4 is 5.32 Å². The summed E-state index contributed by atoms with van der Waals surface area (Å²) in [6, 6.07) is 12.9. The zero-order valence-corrected chi connectivity index (χ0v) is 15.8. The fourth-order valence-electron chi connectivity index (χ4n) is 3.97. The molecule has 1 N–H and O–H groups in total. The molecule has 0 aliphatic heterocycles. The van der Waals surface area contributed by atoms with Crippen LogP contribution in [0.25, 0.3) is 16.8 Å². The van der Waals surface area contributed by atoms with Gasteiger partial charge in [0, 0.05) is 29.6 Å². The van der Waals surface area contributed by atoms with E-state index in [1.807, 2.05) is 39.9 Å². The number of aromatic nitrogens is 5. The van der Waals surface area contributed by atoms with Crippen molar-refractivity contribution in [1.82, 2.24) is 24.4 Å². The van der Waals surface area contributed by atoms with E-state index in [4.69, 9.17) is 4.98 Å². The van der Waals surface area contributed by atoms with Gasteiger partial charge in [-0.15, -0.1) is 0 Å². The average Bonchev–Trinajstić information content (AvgIpc) is 3.36. The summed E-state index contributed by atoms with van der Waals surface area (Å²) in [6.45, 7) is 0.752. The van der Waals surface area contributed by atoms with E-state index in [0.29, 0.717) is 6.04 Å². The highest BCUT2D eigenvalue weighted by molar-refractivity contribution is 5.76. The van der Waals surface area contributed by atoms with E-state index < -0.39 is 0 Å². The van der Waals surface area contributed by atoms with Crippen LogP contribution in [0.2, 0.25) is 0 Å². The summed E-state index contributed by atoms with van der Waals surface area (Å²) in [5, 5.41) is 12.6. The topological polar surface area (TPSA) is 60.0 Å². The number of hydrogen-bond donors (Lipinski definition) is 1. The van der Waals surface area contributed by atoms with Crippen molar-refractivity contribution in [2.75, 3.05) is 5.32 Å². The van der Waals surface area contributed by atoms with Gasteiger partial charge in [0.2, 0.25) is 0 Å². The fraction of sp³-hybridized carbons (Fsp3) is 0.318. The summed E-state index contributed by atoms with van der Waals surface area (Å²) in [7, 11) is 0. The maximum atomic E-state index is 4.85. The summed E-state index contributed by atoms with van der Waals surface area (Å²) < 4.78 is 3.79. The number of anilines is 1. The molecule has 1 fully saturated rings. The molecule has 0 unspecified atom stereocenters. The van der Waals surface area contributed by atoms with Gasteiger partial charge in [0.05, 0.1) is 18.9 Å². The summed E-state index contributed by atoms with van der Waals surface area (Å²) in [4.78, 5) is 4.85. The van der Waals surface area contributed by atoms with Crippen molar-refractivity contribution in [3.05, 3.63) is 66.7 Å². The normalized spacial score (nSPS) is 15.1. The van der Waals surface area contributed by atoms with Crippen molar-refractivity contribution in [3.8, 4) is 11.1 Å². The Morgan fingerprint density at radius 2 is 1.82 bits per heavy atom. The van der Waals surface area contributed by atoms with Gasteiger partial charge in [-0.1, -0.05) is 49.6 Å². The molecule has 0 atom stereocenters. The minimum Gasteiger partial charge on any atom is -0.367 e. The highest BCUT2D eigenvalue weighted by Gasteiger charge is 2.15. The molecule has 0 spiro atoms. The second-order valence-electron chi connectivity index (χ2n) is 7.53. The Hall–Kier alpha value is -3.15. The first-order chi connectivity index (χ1) is 13.8. The van der Waals surface area contributed by atoms with Gasteiger partial charge in [0.25, 0.3) is 0 Å². The largest absolute Gasteiger partial charge is 0.367 e. The third kappa shape index (κ3) is 3.50. The van der Waals surface area contributed by atoms with Gasteiger partial charge in [-0.2, -0.15) is 10.2 Å². The lowest BCUT2D eigenvalue weighted by atomic mass is 9.95. The van der Waals surface area contributed by atoms with Gasteiger partial charge in [0.1, 0.15) is 5.82 Å². The van der Waals surface area contributed by atoms with E-state index >= 15 is 0 Å². The predicted octanol–water partition coefficient (Wildman–Crippen LogP) is 4.39. The molecule has 0 saturated heterocycles. The third-order valence-electron chi connectivity index (χ3n) is 5.46. The number of nitrogens with zero attached hydrogens (tertiary/aromatic N) is 5. The second kappa shape index (κ2) is 7.46. The molecule has 1 saturated carbocycles. The fourth-order valence-corrected chi connectivity index (χ4v) is 3.97. The lowest BCUT2D eigenvalue weighted by molar-refractivity contribution is 0.462. The standard InChI is InChI=1S/C22H24N6/c1-3-7-17(8-4-1)15-27-16-18(13-23-27)20-14-24-28-12-11-21(26-22(20)28)25-19-9-5-2-6-10-19/h1,3-4,7-8,11-14,16,19H,2,5-6,9-10,15H2,(H,25,26). The Labute approximate surface area is 164 Å². The number of rotatable bonds is 5. The molecule has 0 radical (unpaired) electrons. The van der Waals surface area contributed by atoms with Gasteiger partial charge in [0.15, 0.2) is 5.65 Å². The maximum Gasteiger partial charge on any atom is 0.165 e. The second-order valence-corrected chi connectivity index (χ2v) is 7.53. The van der Waals surface area contributed by atoms with Crippen molar-refractivity contribution >= 4 is 11.5 Å². The molecule has 1 aliphatic carbocycles. The van der Waals surface area contributed by atoms with Crippen LogP contribution in [0.3, 0.4) is 0 Å². The van der Waals surface area contributed by atoms with Crippen molar-refractivity contribution in [3.63, 3.8) is 0 Å². The molecular formula is C22H24N6. The van der Waals surface area contributed by atoms with Gasteiger partial charge in [-0.05, 0) is 24.5 Å². The molecule has 142 valence electrons. The highest BCUT2D eigenvalue weighted by atomic mass is 15.3. The van der Waals surface area contributed by atoms with Gasteiger partial charge in [-0.3, -0.25) is 4.68 Å². The summed E-state index contributed by atoms with van der Waals surface area (Å²) in [5.74, 6) is 0.929. The van der Waals surface area contributed by atoms with Crippen molar-refractivity contribution < 1.29 is 0 Å². The molecule has 4 aromatic rings. The van der Waals surface area contributed by atoms with Crippen LogP contribution in [0.1, 0.15) is 37.7 Å². The average molecular weight is 372 g/mol. The Balaban J connectivity index is 1.40. The van der Waals surface area contributed by atoms with Crippen LogP contribution in [-0.2, 0) is 6.54 Å². The zero-order chi connectivity index (χ0) is 18.8. The first-order valence-electron chi connectivity index (χ1n) is 10.0. The van der Waals surface area contributed by atoms with E-state index in [1.165, 1.54) is 37.7 Å². The minimum absolute atomic E-state index is 0.531. The summed E-state index contributed by atoms with van der Waals surface area (Å²) >= 11 is 0. The summed E-state index contributed by atoms with van der Waals surface area (Å²) in [6.07, 6.45) is 14.2. The van der Waals surface area contributed by atoms with Crippen LogP contribution in [0.4, 0.5) is 5.82 Å². The molecule has 3 aromatic heterocycles. The quantitative estimate of drug-likeness (QED) is 0.565. The number of nitrogens with one attached hydrogen (secondary N) is 1. The molecule has 0 bridgehead atoms. The molecule has 1 aliphatic rings. The van der Waals surface area contributed by atoms with E-state index in [2.05, 4.69) is 46.0 Å². The van der Waals surface area contributed by atoms with Crippen LogP contribution in [0.15, 0.2) is 61.2 Å². The monoisotopic (exact) mass is 372 g/mol. The lowest BCUT2D eigenvalue weighted by Gasteiger charge is -2.23. The van der Waals surface area contributed by atoms with Crippen LogP contribution in [0, 0.1) is 0 Å². The van der Waals surface area contributed by atoms with E-state index in [0.717, 1.165) is 29.1 Å². The zero-order valence-electron chi connectivity index (χ0n) is 15.8. The molecule has 6 nitrogen and oxygen atoms in total. The number of benzene rings is 1. The molecule has 0 amide bonds. The van der Waals surface area contributed by atoms with Gasteiger partial charge < -0.3 is 5.32 Å². The van der Waals surface area contributed by atoms with Gasteiger partial charge in [-0.25, -0.2) is 9.50 Å². The SMILES string of the molecule is c1ccc(Cn2cc(-c3cnn4ccc(NC5CCCCC5)nc34)cn2)cc1.